The maximum atomic E-state index is 13.6. The van der Waals surface area contributed by atoms with Gasteiger partial charge in [0.2, 0.25) is 5.91 Å². The van der Waals surface area contributed by atoms with Gasteiger partial charge in [0.1, 0.15) is 0 Å². The Hall–Kier alpha value is -2.91. The van der Waals surface area contributed by atoms with E-state index in [-0.39, 0.29) is 11.7 Å². The Kier molecular flexibility index (Phi) is 3.66. The van der Waals surface area contributed by atoms with Gasteiger partial charge >= 0.3 is 0 Å². The zero-order valence-corrected chi connectivity index (χ0v) is 14.0. The number of hydrogen-bond acceptors (Lipinski definition) is 2. The number of nitrogens with one attached hydrogen (secondary N) is 1. The van der Waals surface area contributed by atoms with Crippen molar-refractivity contribution < 1.29 is 9.59 Å². The van der Waals surface area contributed by atoms with E-state index in [2.05, 4.69) is 5.32 Å². The van der Waals surface area contributed by atoms with Crippen LogP contribution in [0.25, 0.3) is 0 Å². The first-order chi connectivity index (χ1) is 12.1. The van der Waals surface area contributed by atoms with Crippen molar-refractivity contribution in [2.45, 2.75) is 5.41 Å². The van der Waals surface area contributed by atoms with Crippen molar-refractivity contribution in [3.63, 3.8) is 0 Å². The Balaban J connectivity index is 2.05. The number of Topliss-reactive ketones (excluding diaryl/α,β-unsaturated/α-hetero) is 1. The van der Waals surface area contributed by atoms with Crippen LogP contribution in [0.1, 0.15) is 21.5 Å². The molecule has 1 amide bonds. The zero-order valence-electron chi connectivity index (χ0n) is 13.2. The maximum absolute atomic E-state index is 13.6. The van der Waals surface area contributed by atoms with E-state index in [1.54, 1.807) is 42.5 Å². The van der Waals surface area contributed by atoms with Gasteiger partial charge in [0.15, 0.2) is 11.2 Å². The first kappa shape index (κ1) is 15.6. The lowest BCUT2D eigenvalue weighted by atomic mass is 9.67. The van der Waals surface area contributed by atoms with E-state index in [1.165, 1.54) is 0 Å². The summed E-state index contributed by atoms with van der Waals surface area (Å²) in [6.45, 7) is 0. The van der Waals surface area contributed by atoms with Gasteiger partial charge in [0.25, 0.3) is 0 Å². The van der Waals surface area contributed by atoms with Gasteiger partial charge in [0.05, 0.1) is 5.69 Å². The number of hydrogen-bond donors (Lipinski definition) is 1. The first-order valence-corrected chi connectivity index (χ1v) is 8.28. The lowest BCUT2D eigenvalue weighted by Gasteiger charge is -2.36. The number of halogens is 1. The molecule has 0 saturated heterocycles. The summed E-state index contributed by atoms with van der Waals surface area (Å²) in [4.78, 5) is 26.8. The minimum Gasteiger partial charge on any atom is -0.324 e. The minimum absolute atomic E-state index is 0.272. The molecule has 1 aliphatic rings. The normalized spacial score (nSPS) is 15.4. The van der Waals surface area contributed by atoms with E-state index in [9.17, 15) is 9.59 Å². The SMILES string of the molecule is O=C1Nc2ccc(Cl)cc2C(=O)C1(c1ccccc1)c1ccccc1. The Morgan fingerprint density at radius 3 is 1.88 bits per heavy atom. The molecule has 0 radical (unpaired) electrons. The molecule has 3 aromatic carbocycles. The average molecular weight is 348 g/mol. The van der Waals surface area contributed by atoms with Crippen LogP contribution in [0.3, 0.4) is 0 Å². The number of benzene rings is 3. The second-order valence-electron chi connectivity index (χ2n) is 5.96. The van der Waals surface area contributed by atoms with Crippen LogP contribution in [0, 0.1) is 0 Å². The topological polar surface area (TPSA) is 46.2 Å². The monoisotopic (exact) mass is 347 g/mol. The molecule has 1 N–H and O–H groups in total. The van der Waals surface area contributed by atoms with E-state index >= 15 is 0 Å². The van der Waals surface area contributed by atoms with Crippen LogP contribution < -0.4 is 5.32 Å². The Labute approximate surface area is 150 Å². The van der Waals surface area contributed by atoms with Crippen LogP contribution in [0.4, 0.5) is 5.69 Å². The maximum Gasteiger partial charge on any atom is 0.247 e. The van der Waals surface area contributed by atoms with Gasteiger partial charge in [0, 0.05) is 10.6 Å². The van der Waals surface area contributed by atoms with Gasteiger partial charge in [-0.05, 0) is 29.3 Å². The molecule has 122 valence electrons. The fourth-order valence-electron chi connectivity index (χ4n) is 3.40. The van der Waals surface area contributed by atoms with Crippen molar-refractivity contribution in [2.75, 3.05) is 5.32 Å². The molecule has 0 saturated carbocycles. The third kappa shape index (κ3) is 2.28. The minimum atomic E-state index is -1.43. The Bertz CT molecular complexity index is 928. The molecule has 3 aromatic rings. The third-order valence-corrected chi connectivity index (χ3v) is 4.80. The molecule has 4 heteroatoms. The third-order valence-electron chi connectivity index (χ3n) is 4.57. The average Bonchev–Trinajstić information content (AvgIpc) is 2.65. The van der Waals surface area contributed by atoms with Gasteiger partial charge in [-0.3, -0.25) is 9.59 Å². The van der Waals surface area contributed by atoms with Crippen molar-refractivity contribution in [2.24, 2.45) is 0 Å². The molecular formula is C21H14ClNO2. The fourth-order valence-corrected chi connectivity index (χ4v) is 3.57. The highest BCUT2D eigenvalue weighted by molar-refractivity contribution is 6.34. The standard InChI is InChI=1S/C21H14ClNO2/c22-16-11-12-18-17(13-16)19(24)21(20(25)23-18,14-7-3-1-4-8-14)15-9-5-2-6-10-15/h1-13H,(H,23,25). The molecule has 0 bridgehead atoms. The van der Waals surface area contributed by atoms with Crippen molar-refractivity contribution in [1.29, 1.82) is 0 Å². The van der Waals surface area contributed by atoms with Crippen LogP contribution in [-0.2, 0) is 10.2 Å². The molecule has 0 atom stereocenters. The summed E-state index contributed by atoms with van der Waals surface area (Å²) >= 11 is 6.10. The van der Waals surface area contributed by atoms with Gasteiger partial charge in [-0.15, -0.1) is 0 Å². The van der Waals surface area contributed by atoms with Gasteiger partial charge in [-0.2, -0.15) is 0 Å². The smallest absolute Gasteiger partial charge is 0.247 e. The molecule has 0 unspecified atom stereocenters. The molecule has 0 aromatic heterocycles. The predicted octanol–water partition coefficient (Wildman–Crippen LogP) is 4.46. The van der Waals surface area contributed by atoms with Gasteiger partial charge in [-0.1, -0.05) is 72.3 Å². The summed E-state index contributed by atoms with van der Waals surface area (Å²) in [5.74, 6) is -0.629. The predicted molar refractivity (Wildman–Crippen MR) is 98.1 cm³/mol. The Morgan fingerprint density at radius 1 is 0.760 bits per heavy atom. The summed E-state index contributed by atoms with van der Waals surface area (Å²) in [6, 6.07) is 23.2. The quantitative estimate of drug-likeness (QED) is 0.696. The number of carbonyl (C=O) groups is 2. The van der Waals surface area contributed by atoms with Crippen LogP contribution in [0.5, 0.6) is 0 Å². The molecule has 1 aliphatic heterocycles. The summed E-state index contributed by atoms with van der Waals surface area (Å²) < 4.78 is 0. The summed E-state index contributed by atoms with van der Waals surface area (Å²) in [5.41, 5.74) is 0.741. The molecule has 1 heterocycles. The van der Waals surface area contributed by atoms with E-state index in [1.807, 2.05) is 36.4 Å². The highest BCUT2D eigenvalue weighted by atomic mass is 35.5. The number of anilines is 1. The van der Waals surface area contributed by atoms with Crippen molar-refractivity contribution in [1.82, 2.24) is 0 Å². The van der Waals surface area contributed by atoms with Crippen LogP contribution >= 0.6 is 11.6 Å². The van der Waals surface area contributed by atoms with E-state index < -0.39 is 5.41 Å². The second kappa shape index (κ2) is 5.87. The van der Waals surface area contributed by atoms with E-state index in [0.29, 0.717) is 27.4 Å². The van der Waals surface area contributed by atoms with Crippen molar-refractivity contribution >= 4 is 29.0 Å². The highest BCUT2D eigenvalue weighted by Gasteiger charge is 2.52. The lowest BCUT2D eigenvalue weighted by Crippen LogP contribution is -2.51. The number of rotatable bonds is 2. The Morgan fingerprint density at radius 2 is 1.32 bits per heavy atom. The molecular weight excluding hydrogens is 334 g/mol. The molecule has 0 aliphatic carbocycles. The first-order valence-electron chi connectivity index (χ1n) is 7.91. The lowest BCUT2D eigenvalue weighted by molar-refractivity contribution is -0.119. The van der Waals surface area contributed by atoms with Crippen LogP contribution in [0.2, 0.25) is 5.02 Å². The number of carbonyl (C=O) groups excluding carboxylic acids is 2. The number of ketones is 1. The summed E-state index contributed by atoms with van der Waals surface area (Å²) in [7, 11) is 0. The number of fused-ring (bicyclic) bond motifs is 1. The largest absolute Gasteiger partial charge is 0.324 e. The van der Waals surface area contributed by atoms with Gasteiger partial charge < -0.3 is 5.32 Å². The number of amides is 1. The second-order valence-corrected chi connectivity index (χ2v) is 6.39. The highest BCUT2D eigenvalue weighted by Crippen LogP contribution is 2.42. The van der Waals surface area contributed by atoms with Crippen LogP contribution in [-0.4, -0.2) is 11.7 Å². The molecule has 25 heavy (non-hydrogen) atoms. The summed E-state index contributed by atoms with van der Waals surface area (Å²) in [6.07, 6.45) is 0. The van der Waals surface area contributed by atoms with E-state index in [0.717, 1.165) is 0 Å². The fraction of sp³-hybridized carbons (Fsp3) is 0.0476. The van der Waals surface area contributed by atoms with Crippen molar-refractivity contribution in [3.05, 3.63) is 101 Å². The van der Waals surface area contributed by atoms with E-state index in [4.69, 9.17) is 11.6 Å². The van der Waals surface area contributed by atoms with Crippen molar-refractivity contribution in [3.8, 4) is 0 Å². The molecule has 3 nitrogen and oxygen atoms in total. The molecule has 4 rings (SSSR count). The van der Waals surface area contributed by atoms with Crippen LogP contribution in [0.15, 0.2) is 78.9 Å². The molecule has 0 fully saturated rings. The zero-order chi connectivity index (χ0) is 17.4. The summed E-state index contributed by atoms with van der Waals surface area (Å²) in [5, 5.41) is 3.34. The molecule has 0 spiro atoms. The van der Waals surface area contributed by atoms with Gasteiger partial charge in [-0.25, -0.2) is 0 Å².